The maximum atomic E-state index is 12.8. The minimum atomic E-state index is 0. The van der Waals surface area contributed by atoms with E-state index >= 15 is 0 Å². The van der Waals surface area contributed by atoms with Gasteiger partial charge in [-0.2, -0.15) is 0 Å². The summed E-state index contributed by atoms with van der Waals surface area (Å²) in [6.45, 7) is 7.39. The van der Waals surface area contributed by atoms with E-state index < -0.39 is 0 Å². The van der Waals surface area contributed by atoms with E-state index in [1.54, 1.807) is 0 Å². The molecule has 1 aliphatic carbocycles. The number of hydrogen-bond donors (Lipinski definition) is 1. The van der Waals surface area contributed by atoms with E-state index in [1.807, 2.05) is 9.80 Å². The van der Waals surface area contributed by atoms with Gasteiger partial charge in [0.1, 0.15) is 0 Å². The van der Waals surface area contributed by atoms with Gasteiger partial charge in [-0.05, 0) is 39.5 Å². The summed E-state index contributed by atoms with van der Waals surface area (Å²) in [6, 6.07) is 0.580. The van der Waals surface area contributed by atoms with Crippen LogP contribution in [0.3, 0.4) is 0 Å². The highest BCUT2D eigenvalue weighted by Crippen LogP contribution is 2.33. The fraction of sp³-hybridized carbons (Fsp3) is 0.875. The van der Waals surface area contributed by atoms with E-state index in [0.29, 0.717) is 12.6 Å². The first-order valence-corrected chi connectivity index (χ1v) is 8.40. The number of carbonyl (C=O) groups is 2. The zero-order valence-corrected chi connectivity index (χ0v) is 14.4. The second kappa shape index (κ2) is 7.18. The fourth-order valence-electron chi connectivity index (χ4n) is 3.57. The number of carbonyl (C=O) groups excluding carboxylic acids is 2. The van der Waals surface area contributed by atoms with E-state index in [1.165, 1.54) is 0 Å². The van der Waals surface area contributed by atoms with E-state index in [2.05, 4.69) is 19.2 Å². The van der Waals surface area contributed by atoms with Crippen LogP contribution in [0.4, 0.5) is 0 Å². The second-order valence-corrected chi connectivity index (χ2v) is 6.91. The third kappa shape index (κ3) is 3.57. The van der Waals surface area contributed by atoms with E-state index in [0.717, 1.165) is 45.3 Å². The summed E-state index contributed by atoms with van der Waals surface area (Å²) in [5, 5.41) is 3.41. The molecule has 22 heavy (non-hydrogen) atoms. The molecule has 5 nitrogen and oxygen atoms in total. The third-order valence-corrected chi connectivity index (χ3v) is 5.33. The standard InChI is InChI=1S/C16H27N3O2.ClH/c1-11-12(2)19(9-7-17-11)16(21)14-4-3-8-18(10-14)15(20)13-5-6-13;/h11-14,17H,3-10H2,1-2H3;1H. The predicted octanol–water partition coefficient (Wildman–Crippen LogP) is 1.27. The SMILES string of the molecule is CC1NCCN(C(=O)C2CCCN(C(=O)C3CC3)C2)C1C.Cl. The van der Waals surface area contributed by atoms with Crippen molar-refractivity contribution in [1.29, 1.82) is 0 Å². The lowest BCUT2D eigenvalue weighted by atomic mass is 9.94. The normalized spacial score (nSPS) is 32.4. The van der Waals surface area contributed by atoms with Crippen LogP contribution in [-0.4, -0.2) is 59.9 Å². The first-order chi connectivity index (χ1) is 10.1. The molecule has 1 saturated carbocycles. The minimum Gasteiger partial charge on any atom is -0.342 e. The van der Waals surface area contributed by atoms with Crippen molar-refractivity contribution in [2.75, 3.05) is 26.2 Å². The fourth-order valence-corrected chi connectivity index (χ4v) is 3.57. The number of halogens is 1. The van der Waals surface area contributed by atoms with Crippen molar-refractivity contribution >= 4 is 24.2 Å². The zero-order valence-electron chi connectivity index (χ0n) is 13.6. The number of piperazine rings is 1. The van der Waals surface area contributed by atoms with Gasteiger partial charge in [0.15, 0.2) is 0 Å². The van der Waals surface area contributed by atoms with Gasteiger partial charge >= 0.3 is 0 Å². The molecular weight excluding hydrogens is 302 g/mol. The number of piperidine rings is 1. The zero-order chi connectivity index (χ0) is 15.0. The molecule has 0 aromatic rings. The molecule has 2 amide bonds. The molecule has 3 aliphatic rings. The molecule has 2 heterocycles. The van der Waals surface area contributed by atoms with Crippen LogP contribution in [0.5, 0.6) is 0 Å². The number of likely N-dealkylation sites (tertiary alicyclic amines) is 1. The molecule has 3 fully saturated rings. The topological polar surface area (TPSA) is 52.7 Å². The molecule has 0 spiro atoms. The van der Waals surface area contributed by atoms with Crippen molar-refractivity contribution in [3.05, 3.63) is 0 Å². The van der Waals surface area contributed by atoms with Crippen LogP contribution >= 0.6 is 12.4 Å². The number of amides is 2. The van der Waals surface area contributed by atoms with Gasteiger partial charge in [-0.25, -0.2) is 0 Å². The van der Waals surface area contributed by atoms with E-state index in [4.69, 9.17) is 0 Å². The van der Waals surface area contributed by atoms with Gasteiger partial charge in [-0.15, -0.1) is 12.4 Å². The van der Waals surface area contributed by atoms with E-state index in [-0.39, 0.29) is 42.1 Å². The summed E-state index contributed by atoms with van der Waals surface area (Å²) in [5.74, 6) is 0.810. The molecular formula is C16H28ClN3O2. The number of nitrogens with one attached hydrogen (secondary N) is 1. The molecule has 3 atom stereocenters. The summed E-state index contributed by atoms with van der Waals surface area (Å²) in [6.07, 6.45) is 3.98. The van der Waals surface area contributed by atoms with Crippen LogP contribution in [0.2, 0.25) is 0 Å². The number of rotatable bonds is 2. The number of nitrogens with zero attached hydrogens (tertiary/aromatic N) is 2. The van der Waals surface area contributed by atoms with Gasteiger partial charge in [-0.3, -0.25) is 9.59 Å². The number of hydrogen-bond acceptors (Lipinski definition) is 3. The molecule has 6 heteroatoms. The summed E-state index contributed by atoms with van der Waals surface area (Å²) >= 11 is 0. The van der Waals surface area contributed by atoms with E-state index in [9.17, 15) is 9.59 Å². The quantitative estimate of drug-likeness (QED) is 0.830. The Hall–Kier alpha value is -0.810. The van der Waals surface area contributed by atoms with Gasteiger partial charge in [0.25, 0.3) is 0 Å². The summed E-state index contributed by atoms with van der Waals surface area (Å²) in [7, 11) is 0. The Kier molecular flexibility index (Phi) is 5.72. The second-order valence-electron chi connectivity index (χ2n) is 6.91. The first-order valence-electron chi connectivity index (χ1n) is 8.40. The van der Waals surface area contributed by atoms with Crippen molar-refractivity contribution in [1.82, 2.24) is 15.1 Å². The van der Waals surface area contributed by atoms with Gasteiger partial charge in [0.2, 0.25) is 11.8 Å². The molecule has 2 aliphatic heterocycles. The summed E-state index contributed by atoms with van der Waals surface area (Å²) in [4.78, 5) is 29.0. The highest BCUT2D eigenvalue weighted by molar-refractivity contribution is 5.85. The molecule has 0 aromatic heterocycles. The van der Waals surface area contributed by atoms with Gasteiger partial charge in [0.05, 0.1) is 5.92 Å². The van der Waals surface area contributed by atoms with Crippen molar-refractivity contribution in [2.24, 2.45) is 11.8 Å². The molecule has 126 valence electrons. The van der Waals surface area contributed by atoms with Crippen LogP contribution in [0, 0.1) is 11.8 Å². The molecule has 0 aromatic carbocycles. The monoisotopic (exact) mass is 329 g/mol. The average molecular weight is 330 g/mol. The molecule has 3 unspecified atom stereocenters. The summed E-state index contributed by atoms with van der Waals surface area (Å²) in [5.41, 5.74) is 0. The van der Waals surface area contributed by atoms with Gasteiger partial charge in [0, 0.05) is 44.2 Å². The lowest BCUT2D eigenvalue weighted by Crippen LogP contribution is -2.59. The Labute approximate surface area is 139 Å². The maximum absolute atomic E-state index is 12.8. The molecule has 1 N–H and O–H groups in total. The Morgan fingerprint density at radius 1 is 1.00 bits per heavy atom. The smallest absolute Gasteiger partial charge is 0.227 e. The highest BCUT2D eigenvalue weighted by Gasteiger charge is 2.39. The van der Waals surface area contributed by atoms with Crippen LogP contribution < -0.4 is 5.32 Å². The minimum absolute atomic E-state index is 0. The van der Waals surface area contributed by atoms with Crippen LogP contribution in [0.1, 0.15) is 39.5 Å². The maximum Gasteiger partial charge on any atom is 0.227 e. The van der Waals surface area contributed by atoms with Gasteiger partial charge in [-0.1, -0.05) is 0 Å². The molecule has 0 radical (unpaired) electrons. The average Bonchev–Trinajstić information content (AvgIpc) is 3.33. The highest BCUT2D eigenvalue weighted by atomic mass is 35.5. The summed E-state index contributed by atoms with van der Waals surface area (Å²) < 4.78 is 0. The van der Waals surface area contributed by atoms with Crippen LogP contribution in [0.15, 0.2) is 0 Å². The van der Waals surface area contributed by atoms with Crippen molar-refractivity contribution in [3.63, 3.8) is 0 Å². The van der Waals surface area contributed by atoms with Crippen molar-refractivity contribution in [3.8, 4) is 0 Å². The molecule has 2 saturated heterocycles. The third-order valence-electron chi connectivity index (χ3n) is 5.33. The lowest BCUT2D eigenvalue weighted by Gasteiger charge is -2.42. The Morgan fingerprint density at radius 2 is 1.73 bits per heavy atom. The first kappa shape index (κ1) is 17.5. The Balaban J connectivity index is 0.00000176. The van der Waals surface area contributed by atoms with Gasteiger partial charge < -0.3 is 15.1 Å². The largest absolute Gasteiger partial charge is 0.342 e. The van der Waals surface area contributed by atoms with Crippen molar-refractivity contribution in [2.45, 2.75) is 51.6 Å². The Bertz CT molecular complexity index is 428. The Morgan fingerprint density at radius 3 is 2.41 bits per heavy atom. The van der Waals surface area contributed by atoms with Crippen LogP contribution in [-0.2, 0) is 9.59 Å². The predicted molar refractivity (Wildman–Crippen MR) is 87.9 cm³/mol. The molecule has 0 bridgehead atoms. The lowest BCUT2D eigenvalue weighted by molar-refractivity contribution is -0.144. The van der Waals surface area contributed by atoms with Crippen LogP contribution in [0.25, 0.3) is 0 Å². The van der Waals surface area contributed by atoms with Crippen molar-refractivity contribution < 1.29 is 9.59 Å². The molecule has 3 rings (SSSR count).